The molecule has 0 saturated carbocycles. The highest BCUT2D eigenvalue weighted by Crippen LogP contribution is 2.25. The zero-order chi connectivity index (χ0) is 9.59. The van der Waals surface area contributed by atoms with Gasteiger partial charge < -0.3 is 4.57 Å². The lowest BCUT2D eigenvalue weighted by atomic mass is 10.4. The quantitative estimate of drug-likeness (QED) is 0.560. The van der Waals surface area contributed by atoms with Gasteiger partial charge in [-0.2, -0.15) is 5.10 Å². The minimum Gasteiger partial charge on any atom is -0.343 e. The molecule has 2 aromatic heterocycles. The van der Waals surface area contributed by atoms with E-state index in [1.165, 1.54) is 0 Å². The van der Waals surface area contributed by atoms with Crippen molar-refractivity contribution in [2.75, 3.05) is 0 Å². The van der Waals surface area contributed by atoms with E-state index in [0.717, 1.165) is 17.0 Å². The molecule has 0 saturated heterocycles. The molecule has 0 atom stereocenters. The van der Waals surface area contributed by atoms with Crippen LogP contribution in [0.15, 0.2) is 6.20 Å². The van der Waals surface area contributed by atoms with Gasteiger partial charge in [0.25, 0.3) is 5.69 Å². The Labute approximate surface area is 76.2 Å². The molecule has 2 rings (SSSR count). The molecular formula is C9H10N4. The molecule has 0 bridgehead atoms. The van der Waals surface area contributed by atoms with Crippen molar-refractivity contribution in [2.45, 2.75) is 13.8 Å². The van der Waals surface area contributed by atoms with Crippen LogP contribution in [0.25, 0.3) is 10.5 Å². The Bertz CT molecular complexity index is 510. The highest BCUT2D eigenvalue weighted by Gasteiger charge is 2.13. The Morgan fingerprint density at radius 1 is 1.46 bits per heavy atom. The van der Waals surface area contributed by atoms with Crippen LogP contribution in [-0.2, 0) is 7.05 Å². The zero-order valence-corrected chi connectivity index (χ0v) is 7.87. The molecule has 0 aromatic carbocycles. The maximum absolute atomic E-state index is 7.05. The third-order valence-electron chi connectivity index (χ3n) is 2.17. The van der Waals surface area contributed by atoms with Gasteiger partial charge in [-0.25, -0.2) is 9.36 Å². The van der Waals surface area contributed by atoms with Crippen LogP contribution in [0.1, 0.15) is 11.4 Å². The molecule has 4 heteroatoms. The maximum atomic E-state index is 7.05. The van der Waals surface area contributed by atoms with Crippen molar-refractivity contribution in [3.05, 3.63) is 29.0 Å². The fraction of sp³-hybridized carbons (Fsp3) is 0.333. The molecule has 0 N–H and O–H groups in total. The molecule has 2 heterocycles. The van der Waals surface area contributed by atoms with Crippen LogP contribution < -0.4 is 0 Å². The summed E-state index contributed by atoms with van der Waals surface area (Å²) in [7, 11) is 1.93. The van der Waals surface area contributed by atoms with E-state index >= 15 is 0 Å². The van der Waals surface area contributed by atoms with Crippen molar-refractivity contribution in [2.24, 2.45) is 7.05 Å². The second-order valence-electron chi connectivity index (χ2n) is 3.16. The number of hydrogen-bond acceptors (Lipinski definition) is 1. The van der Waals surface area contributed by atoms with Crippen molar-refractivity contribution in [1.29, 1.82) is 0 Å². The van der Waals surface area contributed by atoms with Gasteiger partial charge in [0.2, 0.25) is 0 Å². The van der Waals surface area contributed by atoms with E-state index in [1.54, 1.807) is 0 Å². The predicted octanol–water partition coefficient (Wildman–Crippen LogP) is 1.84. The average molecular weight is 174 g/mol. The van der Waals surface area contributed by atoms with E-state index in [4.69, 9.17) is 6.57 Å². The smallest absolute Gasteiger partial charge is 0.251 e. The summed E-state index contributed by atoms with van der Waals surface area (Å²) >= 11 is 0. The normalized spacial score (nSPS) is 10.6. The van der Waals surface area contributed by atoms with Crippen LogP contribution in [0.5, 0.6) is 0 Å². The highest BCUT2D eigenvalue weighted by atomic mass is 15.3. The van der Waals surface area contributed by atoms with Gasteiger partial charge in [-0.1, -0.05) is 0 Å². The Balaban J connectivity index is 2.99. The minimum absolute atomic E-state index is 0.649. The molecule has 0 aliphatic rings. The monoisotopic (exact) mass is 174 g/mol. The summed E-state index contributed by atoms with van der Waals surface area (Å²) in [5.74, 6) is 0. The van der Waals surface area contributed by atoms with Crippen molar-refractivity contribution in [1.82, 2.24) is 14.2 Å². The van der Waals surface area contributed by atoms with Gasteiger partial charge in [0.1, 0.15) is 5.65 Å². The molecule has 0 aliphatic heterocycles. The standard InChI is InChI=1S/C9H10N4/c1-6-5-12(4)9-8(10-3)7(2)11-13(6)9/h5H,1-2,4H3. The summed E-state index contributed by atoms with van der Waals surface area (Å²) in [6.07, 6.45) is 1.97. The van der Waals surface area contributed by atoms with Crippen molar-refractivity contribution in [3.8, 4) is 0 Å². The van der Waals surface area contributed by atoms with Crippen LogP contribution in [0.3, 0.4) is 0 Å². The van der Waals surface area contributed by atoms with Gasteiger partial charge in [-0.3, -0.25) is 0 Å². The molecule has 0 radical (unpaired) electrons. The van der Waals surface area contributed by atoms with E-state index < -0.39 is 0 Å². The van der Waals surface area contributed by atoms with Crippen LogP contribution in [-0.4, -0.2) is 14.2 Å². The average Bonchev–Trinajstić information content (AvgIpc) is 2.52. The van der Waals surface area contributed by atoms with E-state index in [-0.39, 0.29) is 0 Å². The third kappa shape index (κ3) is 0.872. The van der Waals surface area contributed by atoms with Gasteiger partial charge in [0, 0.05) is 13.2 Å². The van der Waals surface area contributed by atoms with Crippen LogP contribution in [0, 0.1) is 20.4 Å². The summed E-state index contributed by atoms with van der Waals surface area (Å²) in [6, 6.07) is 0. The molecule has 0 fully saturated rings. The van der Waals surface area contributed by atoms with E-state index in [9.17, 15) is 0 Å². The Kier molecular flexibility index (Phi) is 1.43. The van der Waals surface area contributed by atoms with Gasteiger partial charge in [0.05, 0.1) is 18.0 Å². The minimum atomic E-state index is 0.649. The summed E-state index contributed by atoms with van der Waals surface area (Å²) in [5.41, 5.74) is 3.38. The number of hydrogen-bond donors (Lipinski definition) is 0. The fourth-order valence-corrected chi connectivity index (χ4v) is 1.60. The van der Waals surface area contributed by atoms with Crippen molar-refractivity contribution < 1.29 is 0 Å². The van der Waals surface area contributed by atoms with Crippen LogP contribution in [0.2, 0.25) is 0 Å². The molecule has 13 heavy (non-hydrogen) atoms. The van der Waals surface area contributed by atoms with Crippen LogP contribution >= 0.6 is 0 Å². The van der Waals surface area contributed by atoms with Gasteiger partial charge in [0.15, 0.2) is 0 Å². The van der Waals surface area contributed by atoms with Crippen LogP contribution in [0.4, 0.5) is 5.69 Å². The summed E-state index contributed by atoms with van der Waals surface area (Å²) in [4.78, 5) is 3.48. The molecular weight excluding hydrogens is 164 g/mol. The molecule has 0 amide bonds. The van der Waals surface area contributed by atoms with Crippen molar-refractivity contribution >= 4 is 11.3 Å². The first-order chi connectivity index (χ1) is 6.15. The lowest BCUT2D eigenvalue weighted by molar-refractivity contribution is 0.899. The first-order valence-electron chi connectivity index (χ1n) is 4.04. The van der Waals surface area contributed by atoms with E-state index in [0.29, 0.717) is 5.69 Å². The van der Waals surface area contributed by atoms with Gasteiger partial charge in [-0.15, -0.1) is 0 Å². The molecule has 0 spiro atoms. The number of aromatic nitrogens is 3. The second-order valence-corrected chi connectivity index (χ2v) is 3.16. The molecule has 0 unspecified atom stereocenters. The number of aryl methyl sites for hydroxylation is 3. The summed E-state index contributed by atoms with van der Waals surface area (Å²) < 4.78 is 3.74. The Morgan fingerprint density at radius 2 is 2.15 bits per heavy atom. The van der Waals surface area contributed by atoms with E-state index in [1.807, 2.05) is 36.2 Å². The lowest BCUT2D eigenvalue weighted by Gasteiger charge is -1.90. The number of imidazole rings is 1. The number of fused-ring (bicyclic) bond motifs is 1. The topological polar surface area (TPSA) is 26.6 Å². The fourth-order valence-electron chi connectivity index (χ4n) is 1.60. The first-order valence-corrected chi connectivity index (χ1v) is 4.04. The maximum Gasteiger partial charge on any atom is 0.251 e. The first kappa shape index (κ1) is 7.87. The number of rotatable bonds is 0. The molecule has 66 valence electrons. The molecule has 0 aliphatic carbocycles. The van der Waals surface area contributed by atoms with E-state index in [2.05, 4.69) is 9.94 Å². The Hall–Kier alpha value is -1.76. The number of nitrogens with zero attached hydrogens (tertiary/aromatic N) is 4. The van der Waals surface area contributed by atoms with Gasteiger partial charge in [-0.05, 0) is 13.8 Å². The second kappa shape index (κ2) is 2.36. The molecule has 2 aromatic rings. The van der Waals surface area contributed by atoms with Gasteiger partial charge >= 0.3 is 0 Å². The van der Waals surface area contributed by atoms with Crippen molar-refractivity contribution in [3.63, 3.8) is 0 Å². The predicted molar refractivity (Wildman–Crippen MR) is 49.9 cm³/mol. The SMILES string of the molecule is [C-]#[N+]c1c(C)nn2c(C)cn(C)c12. The summed E-state index contributed by atoms with van der Waals surface area (Å²) in [6.45, 7) is 10.9. The Morgan fingerprint density at radius 3 is 2.77 bits per heavy atom. The zero-order valence-electron chi connectivity index (χ0n) is 7.87. The molecule has 4 nitrogen and oxygen atoms in total. The third-order valence-corrected chi connectivity index (χ3v) is 2.17. The lowest BCUT2D eigenvalue weighted by Crippen LogP contribution is -1.86. The largest absolute Gasteiger partial charge is 0.343 e. The highest BCUT2D eigenvalue weighted by molar-refractivity contribution is 5.72. The summed E-state index contributed by atoms with van der Waals surface area (Å²) in [5, 5.41) is 4.29.